The normalized spacial score (nSPS) is 13.0. The molecule has 2 aromatic rings. The molecule has 0 bridgehead atoms. The number of hydrogen-bond acceptors (Lipinski definition) is 4. The van der Waals surface area contributed by atoms with Crippen molar-refractivity contribution < 1.29 is 9.47 Å². The number of hydrogen-bond donors (Lipinski definition) is 0. The Labute approximate surface area is 127 Å². The van der Waals surface area contributed by atoms with Gasteiger partial charge >= 0.3 is 0 Å². The van der Waals surface area contributed by atoms with Crippen molar-refractivity contribution >= 4 is 34.4 Å². The van der Waals surface area contributed by atoms with Crippen LogP contribution in [0.4, 0.5) is 0 Å². The summed E-state index contributed by atoms with van der Waals surface area (Å²) in [6, 6.07) is 1.80. The third kappa shape index (κ3) is 3.41. The summed E-state index contributed by atoms with van der Waals surface area (Å²) in [7, 11) is 3.31. The third-order valence-electron chi connectivity index (χ3n) is 3.02. The Morgan fingerprint density at radius 3 is 2.85 bits per heavy atom. The fourth-order valence-corrected chi connectivity index (χ4v) is 2.41. The molecule has 0 spiro atoms. The molecule has 0 fully saturated rings. The molecule has 0 N–H and O–H groups in total. The van der Waals surface area contributed by atoms with Gasteiger partial charge in [0.1, 0.15) is 11.3 Å². The number of halogens is 2. The number of aryl methyl sites for hydroxylation is 1. The maximum absolute atomic E-state index is 5.96. The fourth-order valence-electron chi connectivity index (χ4n) is 2.09. The molecule has 0 aliphatic rings. The molecule has 110 valence electrons. The Balaban J connectivity index is 2.39. The summed E-state index contributed by atoms with van der Waals surface area (Å²) in [5.74, 6) is 1.38. The van der Waals surface area contributed by atoms with Crippen LogP contribution in [0, 0.1) is 0 Å². The van der Waals surface area contributed by atoms with Crippen LogP contribution in [0.15, 0.2) is 12.3 Å². The lowest BCUT2D eigenvalue weighted by molar-refractivity contribution is 0.0185. The van der Waals surface area contributed by atoms with Gasteiger partial charge in [0.05, 0.1) is 24.3 Å². The molecule has 0 aliphatic heterocycles. The van der Waals surface area contributed by atoms with E-state index in [-0.39, 0.29) is 6.10 Å². The number of rotatable bonds is 7. The summed E-state index contributed by atoms with van der Waals surface area (Å²) < 4.78 is 12.6. The molecule has 20 heavy (non-hydrogen) atoms. The zero-order valence-corrected chi connectivity index (χ0v) is 13.0. The smallest absolute Gasteiger partial charge is 0.160 e. The van der Waals surface area contributed by atoms with Gasteiger partial charge in [-0.25, -0.2) is 9.97 Å². The predicted octanol–water partition coefficient (Wildman–Crippen LogP) is 2.53. The average molecular weight is 318 g/mol. The maximum atomic E-state index is 5.96. The largest absolute Gasteiger partial charge is 0.382 e. The van der Waals surface area contributed by atoms with Crippen LogP contribution in [-0.2, 0) is 22.4 Å². The molecule has 2 aromatic heterocycles. The van der Waals surface area contributed by atoms with Gasteiger partial charge in [-0.1, -0.05) is 11.6 Å². The number of aromatic nitrogens is 3. The van der Waals surface area contributed by atoms with E-state index in [4.69, 9.17) is 32.7 Å². The van der Waals surface area contributed by atoms with Crippen LogP contribution in [0.1, 0.15) is 5.82 Å². The van der Waals surface area contributed by atoms with Crippen molar-refractivity contribution in [2.75, 3.05) is 26.7 Å². The molecule has 1 unspecified atom stereocenters. The predicted molar refractivity (Wildman–Crippen MR) is 79.6 cm³/mol. The highest BCUT2D eigenvalue weighted by Crippen LogP contribution is 2.19. The summed E-state index contributed by atoms with van der Waals surface area (Å²) in [5.41, 5.74) is 1.55. The minimum atomic E-state index is -0.0658. The maximum Gasteiger partial charge on any atom is 0.160 e. The van der Waals surface area contributed by atoms with Crippen molar-refractivity contribution in [3.63, 3.8) is 0 Å². The lowest BCUT2D eigenvalue weighted by atomic mass is 10.3. The van der Waals surface area contributed by atoms with Gasteiger partial charge in [0.15, 0.2) is 5.65 Å². The van der Waals surface area contributed by atoms with Gasteiger partial charge < -0.3 is 14.0 Å². The second-order valence-electron chi connectivity index (χ2n) is 4.39. The van der Waals surface area contributed by atoms with Crippen LogP contribution in [0.2, 0.25) is 5.02 Å². The number of fused-ring (bicyclic) bond motifs is 1. The van der Waals surface area contributed by atoms with Crippen molar-refractivity contribution in [3.8, 4) is 0 Å². The molecule has 5 nitrogen and oxygen atoms in total. The Morgan fingerprint density at radius 1 is 1.40 bits per heavy atom. The van der Waals surface area contributed by atoms with E-state index in [0.717, 1.165) is 17.0 Å². The highest BCUT2D eigenvalue weighted by Gasteiger charge is 2.16. The van der Waals surface area contributed by atoms with E-state index in [1.807, 2.05) is 4.57 Å². The first kappa shape index (κ1) is 15.5. The number of methoxy groups -OCH3 is 2. The van der Waals surface area contributed by atoms with Crippen molar-refractivity contribution in [1.29, 1.82) is 0 Å². The summed E-state index contributed by atoms with van der Waals surface area (Å²) in [4.78, 5) is 8.91. The van der Waals surface area contributed by atoms with Gasteiger partial charge in [0.2, 0.25) is 0 Å². The molecule has 2 heterocycles. The van der Waals surface area contributed by atoms with Crippen LogP contribution in [0.3, 0.4) is 0 Å². The molecule has 1 atom stereocenters. The Morgan fingerprint density at radius 2 is 2.20 bits per heavy atom. The van der Waals surface area contributed by atoms with E-state index in [2.05, 4.69) is 9.97 Å². The Kier molecular flexibility index (Phi) is 5.60. The molecule has 0 radical (unpaired) electrons. The highest BCUT2D eigenvalue weighted by atomic mass is 35.5. The molecule has 0 saturated carbocycles. The van der Waals surface area contributed by atoms with Gasteiger partial charge in [-0.15, -0.1) is 11.6 Å². The first-order valence-electron chi connectivity index (χ1n) is 6.28. The molecule has 0 aliphatic carbocycles. The zero-order chi connectivity index (χ0) is 14.5. The molecular formula is C13H17Cl2N3O2. The van der Waals surface area contributed by atoms with E-state index in [1.54, 1.807) is 26.5 Å². The standard InChI is InChI=1S/C13H17Cl2N3O2/c1-19-8-10(20-2)7-18-12(3-4-14)17-11-5-9(15)6-16-13(11)18/h5-6,10H,3-4,7-8H2,1-2H3. The second-order valence-corrected chi connectivity index (χ2v) is 5.20. The highest BCUT2D eigenvalue weighted by molar-refractivity contribution is 6.31. The molecule has 2 rings (SSSR count). The number of pyridine rings is 1. The van der Waals surface area contributed by atoms with E-state index in [1.165, 1.54) is 0 Å². The van der Waals surface area contributed by atoms with E-state index in [9.17, 15) is 0 Å². The Bertz CT molecular complexity index is 574. The second kappa shape index (κ2) is 7.22. The molecule has 7 heteroatoms. The van der Waals surface area contributed by atoms with Crippen molar-refractivity contribution in [2.24, 2.45) is 0 Å². The average Bonchev–Trinajstić information content (AvgIpc) is 2.75. The van der Waals surface area contributed by atoms with Gasteiger partial charge in [-0.05, 0) is 6.07 Å². The monoisotopic (exact) mass is 317 g/mol. The van der Waals surface area contributed by atoms with Crippen molar-refractivity contribution in [3.05, 3.63) is 23.1 Å². The van der Waals surface area contributed by atoms with Gasteiger partial charge in [0.25, 0.3) is 0 Å². The van der Waals surface area contributed by atoms with Crippen LogP contribution in [0.25, 0.3) is 11.2 Å². The van der Waals surface area contributed by atoms with E-state index >= 15 is 0 Å². The summed E-state index contributed by atoms with van der Waals surface area (Å²) >= 11 is 11.8. The molecule has 0 aromatic carbocycles. The van der Waals surface area contributed by atoms with Crippen molar-refractivity contribution in [1.82, 2.24) is 14.5 Å². The lowest BCUT2D eigenvalue weighted by Crippen LogP contribution is -2.25. The summed E-state index contributed by atoms with van der Waals surface area (Å²) in [6.07, 6.45) is 2.22. The fraction of sp³-hybridized carbons (Fsp3) is 0.538. The van der Waals surface area contributed by atoms with Gasteiger partial charge in [0, 0.05) is 32.7 Å². The number of ether oxygens (including phenoxy) is 2. The van der Waals surface area contributed by atoms with E-state index < -0.39 is 0 Å². The number of imidazole rings is 1. The molecule has 0 saturated heterocycles. The first-order valence-corrected chi connectivity index (χ1v) is 7.19. The Hall–Kier alpha value is -0.880. The minimum absolute atomic E-state index is 0.0658. The number of alkyl halides is 1. The number of nitrogens with zero attached hydrogens (tertiary/aromatic N) is 3. The zero-order valence-electron chi connectivity index (χ0n) is 11.5. The SMILES string of the molecule is COCC(Cn1c(CCCl)nc2cc(Cl)cnc21)OC. The topological polar surface area (TPSA) is 49.2 Å². The summed E-state index contributed by atoms with van der Waals surface area (Å²) in [6.45, 7) is 1.12. The van der Waals surface area contributed by atoms with Crippen LogP contribution in [-0.4, -0.2) is 47.3 Å². The van der Waals surface area contributed by atoms with Gasteiger partial charge in [-0.2, -0.15) is 0 Å². The van der Waals surface area contributed by atoms with E-state index in [0.29, 0.717) is 30.5 Å². The van der Waals surface area contributed by atoms with Crippen molar-refractivity contribution in [2.45, 2.75) is 19.1 Å². The minimum Gasteiger partial charge on any atom is -0.382 e. The molecule has 0 amide bonds. The van der Waals surface area contributed by atoms with Crippen LogP contribution in [0.5, 0.6) is 0 Å². The first-order chi connectivity index (χ1) is 9.69. The van der Waals surface area contributed by atoms with Gasteiger partial charge in [-0.3, -0.25) is 0 Å². The summed E-state index contributed by atoms with van der Waals surface area (Å²) in [5, 5.41) is 0.569. The molecular weight excluding hydrogens is 301 g/mol. The van der Waals surface area contributed by atoms with Crippen LogP contribution < -0.4 is 0 Å². The third-order valence-corrected chi connectivity index (χ3v) is 3.42. The quantitative estimate of drug-likeness (QED) is 0.736. The lowest BCUT2D eigenvalue weighted by Gasteiger charge is -2.16. The van der Waals surface area contributed by atoms with Crippen LogP contribution >= 0.6 is 23.2 Å².